The predicted molar refractivity (Wildman–Crippen MR) is 66.6 cm³/mol. The fraction of sp³-hybridized carbons (Fsp3) is 0.333. The third-order valence-electron chi connectivity index (χ3n) is 2.32. The first-order chi connectivity index (χ1) is 7.90. The zero-order valence-electron chi connectivity index (χ0n) is 9.66. The number of carboxylic acid groups (broad SMARTS) is 1. The molecular formula is C12H14ClNO3. The summed E-state index contributed by atoms with van der Waals surface area (Å²) in [4.78, 5) is 22.2. The monoisotopic (exact) mass is 255 g/mol. The average molecular weight is 256 g/mol. The van der Waals surface area contributed by atoms with Gasteiger partial charge in [-0.1, -0.05) is 25.4 Å². The van der Waals surface area contributed by atoms with Gasteiger partial charge in [0.05, 0.1) is 0 Å². The second kappa shape index (κ2) is 5.68. The van der Waals surface area contributed by atoms with Crippen LogP contribution in [0.4, 0.5) is 10.5 Å². The molecule has 1 aromatic carbocycles. The number of hydrogen-bond donors (Lipinski definition) is 2. The highest BCUT2D eigenvalue weighted by Crippen LogP contribution is 2.22. The van der Waals surface area contributed by atoms with Crippen molar-refractivity contribution in [2.75, 3.05) is 5.32 Å². The van der Waals surface area contributed by atoms with Gasteiger partial charge < -0.3 is 5.11 Å². The topological polar surface area (TPSA) is 66.4 Å². The lowest BCUT2D eigenvalue weighted by Gasteiger charge is -2.10. The summed E-state index contributed by atoms with van der Waals surface area (Å²) in [6.07, 6.45) is -0.987. The molecule has 0 radical (unpaired) electrons. The van der Waals surface area contributed by atoms with Crippen LogP contribution in [0.5, 0.6) is 0 Å². The molecule has 0 unspecified atom stereocenters. The first kappa shape index (κ1) is 13.5. The van der Waals surface area contributed by atoms with Crippen molar-refractivity contribution >= 4 is 29.2 Å². The number of carbonyl (C=O) groups is 2. The molecule has 0 atom stereocenters. The van der Waals surface area contributed by atoms with Crippen molar-refractivity contribution in [1.29, 1.82) is 0 Å². The molecule has 0 aliphatic carbocycles. The summed E-state index contributed by atoms with van der Waals surface area (Å²) in [5.74, 6) is -0.0487. The molecule has 0 aromatic heterocycles. The Morgan fingerprint density at radius 2 is 2.06 bits per heavy atom. The van der Waals surface area contributed by atoms with E-state index in [2.05, 4.69) is 5.32 Å². The van der Waals surface area contributed by atoms with Gasteiger partial charge in [0.15, 0.2) is 0 Å². The summed E-state index contributed by atoms with van der Waals surface area (Å²) in [7, 11) is 0. The number of amides is 1. The molecule has 0 heterocycles. The maximum Gasteiger partial charge on any atom is 0.409 e. The molecule has 92 valence electrons. The number of carbonyl (C=O) groups excluding carboxylic acids is 1. The number of hydrogen-bond acceptors (Lipinski definition) is 2. The first-order valence-electron chi connectivity index (χ1n) is 5.21. The molecule has 0 spiro atoms. The third kappa shape index (κ3) is 4.07. The highest BCUT2D eigenvalue weighted by molar-refractivity contribution is 6.30. The van der Waals surface area contributed by atoms with Gasteiger partial charge in [0.25, 0.3) is 0 Å². The molecule has 0 aliphatic heterocycles. The maximum atomic E-state index is 11.6. The molecule has 2 N–H and O–H groups in total. The number of rotatable bonds is 4. The van der Waals surface area contributed by atoms with Crippen LogP contribution in [0.3, 0.4) is 0 Å². The third-order valence-corrected chi connectivity index (χ3v) is 2.55. The van der Waals surface area contributed by atoms with Gasteiger partial charge in [0.2, 0.25) is 0 Å². The molecule has 0 bridgehead atoms. The van der Waals surface area contributed by atoms with Crippen LogP contribution < -0.4 is 5.32 Å². The van der Waals surface area contributed by atoms with Crippen LogP contribution in [-0.4, -0.2) is 17.0 Å². The normalized spacial score (nSPS) is 10.4. The van der Waals surface area contributed by atoms with E-state index in [9.17, 15) is 9.59 Å². The highest BCUT2D eigenvalue weighted by Gasteiger charge is 2.13. The summed E-state index contributed by atoms with van der Waals surface area (Å²) in [5.41, 5.74) is 0.995. The van der Waals surface area contributed by atoms with Crippen LogP contribution in [0.15, 0.2) is 18.2 Å². The molecule has 4 nitrogen and oxygen atoms in total. The number of Topliss-reactive ketones (excluding diaryl/α,β-unsaturated/α-hetero) is 1. The van der Waals surface area contributed by atoms with E-state index >= 15 is 0 Å². The van der Waals surface area contributed by atoms with E-state index in [0.717, 1.165) is 0 Å². The van der Waals surface area contributed by atoms with E-state index in [4.69, 9.17) is 16.7 Å². The van der Waals surface area contributed by atoms with E-state index in [0.29, 0.717) is 16.3 Å². The van der Waals surface area contributed by atoms with Crippen LogP contribution in [0, 0.1) is 5.92 Å². The van der Waals surface area contributed by atoms with Crippen LogP contribution in [0.25, 0.3) is 0 Å². The van der Waals surface area contributed by atoms with Crippen LogP contribution in [-0.2, 0) is 11.2 Å². The molecule has 1 rings (SSSR count). The van der Waals surface area contributed by atoms with Gasteiger partial charge >= 0.3 is 6.09 Å². The van der Waals surface area contributed by atoms with Crippen molar-refractivity contribution in [3.8, 4) is 0 Å². The van der Waals surface area contributed by atoms with Crippen molar-refractivity contribution in [3.05, 3.63) is 28.8 Å². The molecule has 17 heavy (non-hydrogen) atoms. The molecule has 1 amide bonds. The smallest absolute Gasteiger partial charge is 0.409 e. The minimum absolute atomic E-state index is 0.0423. The Balaban J connectivity index is 2.98. The van der Waals surface area contributed by atoms with Crippen molar-refractivity contribution in [2.24, 2.45) is 5.92 Å². The largest absolute Gasteiger partial charge is 0.465 e. The quantitative estimate of drug-likeness (QED) is 0.868. The second-order valence-corrected chi connectivity index (χ2v) is 4.47. The number of nitrogens with one attached hydrogen (secondary N) is 1. The van der Waals surface area contributed by atoms with E-state index in [1.54, 1.807) is 32.0 Å². The van der Waals surface area contributed by atoms with E-state index < -0.39 is 6.09 Å². The van der Waals surface area contributed by atoms with Crippen molar-refractivity contribution in [3.63, 3.8) is 0 Å². The fourth-order valence-corrected chi connectivity index (χ4v) is 1.53. The Hall–Kier alpha value is -1.55. The lowest BCUT2D eigenvalue weighted by atomic mass is 10.00. The Labute approximate surface area is 105 Å². The summed E-state index contributed by atoms with van der Waals surface area (Å²) < 4.78 is 0. The SMILES string of the molecule is CC(C)C(=O)Cc1cc(Cl)ccc1NC(=O)O. The predicted octanol–water partition coefficient (Wildman–Crippen LogP) is 3.20. The lowest BCUT2D eigenvalue weighted by Crippen LogP contribution is -2.14. The Kier molecular flexibility index (Phi) is 4.52. The Morgan fingerprint density at radius 1 is 1.41 bits per heavy atom. The second-order valence-electron chi connectivity index (χ2n) is 4.03. The standard InChI is InChI=1S/C12H14ClNO3/c1-7(2)11(15)6-8-5-9(13)3-4-10(8)14-12(16)17/h3-5,7,14H,6H2,1-2H3,(H,16,17). The summed E-state index contributed by atoms with van der Waals surface area (Å²) in [6.45, 7) is 3.61. The molecule has 0 fully saturated rings. The molecule has 0 aliphatic rings. The van der Waals surface area contributed by atoms with Gasteiger partial charge in [-0.25, -0.2) is 4.79 Å². The minimum atomic E-state index is -1.16. The number of ketones is 1. The zero-order chi connectivity index (χ0) is 13.0. The van der Waals surface area contributed by atoms with Gasteiger partial charge in [-0.3, -0.25) is 10.1 Å². The van der Waals surface area contributed by atoms with E-state index in [1.165, 1.54) is 0 Å². The van der Waals surface area contributed by atoms with E-state index in [1.807, 2.05) is 0 Å². The Morgan fingerprint density at radius 3 is 2.59 bits per heavy atom. The van der Waals surface area contributed by atoms with Crippen LogP contribution in [0.2, 0.25) is 5.02 Å². The zero-order valence-corrected chi connectivity index (χ0v) is 10.4. The number of halogens is 1. The van der Waals surface area contributed by atoms with E-state index in [-0.39, 0.29) is 18.1 Å². The molecular weight excluding hydrogens is 242 g/mol. The van der Waals surface area contributed by atoms with Gasteiger partial charge in [-0.05, 0) is 23.8 Å². The first-order valence-corrected chi connectivity index (χ1v) is 5.59. The number of benzene rings is 1. The van der Waals surface area contributed by atoms with Crippen molar-refractivity contribution in [1.82, 2.24) is 0 Å². The van der Waals surface area contributed by atoms with Crippen molar-refractivity contribution < 1.29 is 14.7 Å². The minimum Gasteiger partial charge on any atom is -0.465 e. The average Bonchev–Trinajstić information content (AvgIpc) is 2.21. The van der Waals surface area contributed by atoms with Crippen molar-refractivity contribution in [2.45, 2.75) is 20.3 Å². The lowest BCUT2D eigenvalue weighted by molar-refractivity contribution is -0.121. The molecule has 0 saturated carbocycles. The molecule has 1 aromatic rings. The highest BCUT2D eigenvalue weighted by atomic mass is 35.5. The molecule has 0 saturated heterocycles. The number of anilines is 1. The maximum absolute atomic E-state index is 11.6. The van der Waals surface area contributed by atoms with Crippen LogP contribution >= 0.6 is 11.6 Å². The van der Waals surface area contributed by atoms with Gasteiger partial charge in [0, 0.05) is 23.0 Å². The van der Waals surface area contributed by atoms with Crippen LogP contribution in [0.1, 0.15) is 19.4 Å². The van der Waals surface area contributed by atoms with Gasteiger partial charge in [-0.15, -0.1) is 0 Å². The summed E-state index contributed by atoms with van der Waals surface area (Å²) in [5, 5.41) is 11.4. The summed E-state index contributed by atoms with van der Waals surface area (Å²) >= 11 is 5.83. The molecule has 5 heteroatoms. The fourth-order valence-electron chi connectivity index (χ4n) is 1.34. The summed E-state index contributed by atoms with van der Waals surface area (Å²) in [6, 6.07) is 4.74. The Bertz CT molecular complexity index is 443. The van der Waals surface area contributed by atoms with Gasteiger partial charge in [0.1, 0.15) is 5.78 Å². The van der Waals surface area contributed by atoms with Gasteiger partial charge in [-0.2, -0.15) is 0 Å².